The van der Waals surface area contributed by atoms with Crippen molar-refractivity contribution in [1.82, 2.24) is 5.32 Å². The Bertz CT molecular complexity index is 746. The second-order valence-electron chi connectivity index (χ2n) is 7.67. The lowest BCUT2D eigenvalue weighted by molar-refractivity contribution is 0.279. The van der Waals surface area contributed by atoms with Crippen molar-refractivity contribution in [2.24, 2.45) is 17.8 Å². The van der Waals surface area contributed by atoms with E-state index in [1.165, 1.54) is 25.7 Å². The Kier molecular flexibility index (Phi) is 5.11. The number of benzene rings is 2. The van der Waals surface area contributed by atoms with Gasteiger partial charge in [-0.15, -0.1) is 0 Å². The predicted molar refractivity (Wildman–Crippen MR) is 111 cm³/mol. The van der Waals surface area contributed by atoms with Crippen LogP contribution in [0.1, 0.15) is 32.6 Å². The molecule has 26 heavy (non-hydrogen) atoms. The molecule has 2 aliphatic carbocycles. The Balaban J connectivity index is 1.29. The van der Waals surface area contributed by atoms with Crippen molar-refractivity contribution in [2.45, 2.75) is 38.6 Å². The molecule has 4 unspecified atom stereocenters. The maximum absolute atomic E-state index is 5.82. The Morgan fingerprint density at radius 1 is 1.00 bits per heavy atom. The second kappa shape index (κ2) is 7.67. The van der Waals surface area contributed by atoms with Gasteiger partial charge in [0, 0.05) is 11.7 Å². The highest BCUT2D eigenvalue weighted by Crippen LogP contribution is 2.49. The van der Waals surface area contributed by atoms with Gasteiger partial charge in [0.25, 0.3) is 0 Å². The Labute approximate surface area is 161 Å². The van der Waals surface area contributed by atoms with Gasteiger partial charge < -0.3 is 15.4 Å². The lowest BCUT2D eigenvalue weighted by Crippen LogP contribution is -2.42. The van der Waals surface area contributed by atoms with Gasteiger partial charge in [-0.25, -0.2) is 0 Å². The van der Waals surface area contributed by atoms with E-state index >= 15 is 0 Å². The number of anilines is 1. The van der Waals surface area contributed by atoms with Crippen LogP contribution in [0.15, 0.2) is 54.6 Å². The lowest BCUT2D eigenvalue weighted by Gasteiger charge is -2.29. The molecule has 2 aromatic carbocycles. The number of ether oxygens (including phenoxy) is 1. The second-order valence-corrected chi connectivity index (χ2v) is 8.07. The average Bonchev–Trinajstić information content (AvgIpc) is 3.28. The van der Waals surface area contributed by atoms with Gasteiger partial charge in [-0.05, 0) is 92.6 Å². The van der Waals surface area contributed by atoms with Gasteiger partial charge in [0.2, 0.25) is 0 Å². The standard InChI is InChI=1S/C22H26N2OS/c1-15(21-14-16-7-8-17(21)13-16)23-22(26)24-18-9-11-20(12-10-18)25-19-5-3-2-4-6-19/h2-6,9-12,15-17,21H,7-8,13-14H2,1H3,(H2,23,24,26). The van der Waals surface area contributed by atoms with Crippen molar-refractivity contribution in [3.63, 3.8) is 0 Å². The molecule has 2 bridgehead atoms. The first-order valence-electron chi connectivity index (χ1n) is 9.58. The summed E-state index contributed by atoms with van der Waals surface area (Å²) < 4.78 is 5.82. The van der Waals surface area contributed by atoms with E-state index in [9.17, 15) is 0 Å². The van der Waals surface area contributed by atoms with Crippen molar-refractivity contribution < 1.29 is 4.74 Å². The molecule has 2 aliphatic rings. The summed E-state index contributed by atoms with van der Waals surface area (Å²) in [5.41, 5.74) is 0.975. The van der Waals surface area contributed by atoms with Gasteiger partial charge >= 0.3 is 0 Å². The van der Waals surface area contributed by atoms with Crippen molar-refractivity contribution in [1.29, 1.82) is 0 Å². The van der Waals surface area contributed by atoms with E-state index in [2.05, 4.69) is 17.6 Å². The molecule has 2 saturated carbocycles. The number of hydrogen-bond donors (Lipinski definition) is 2. The number of fused-ring (bicyclic) bond motifs is 2. The highest BCUT2D eigenvalue weighted by atomic mass is 32.1. The maximum Gasteiger partial charge on any atom is 0.170 e. The normalized spacial score (nSPS) is 24.9. The topological polar surface area (TPSA) is 33.3 Å². The van der Waals surface area contributed by atoms with Crippen LogP contribution in [0.2, 0.25) is 0 Å². The van der Waals surface area contributed by atoms with E-state index in [0.717, 1.165) is 34.9 Å². The van der Waals surface area contributed by atoms with Gasteiger partial charge in [-0.3, -0.25) is 0 Å². The quantitative estimate of drug-likeness (QED) is 0.676. The fourth-order valence-corrected chi connectivity index (χ4v) is 4.92. The molecule has 2 aromatic rings. The van der Waals surface area contributed by atoms with E-state index < -0.39 is 0 Å². The highest BCUT2D eigenvalue weighted by Gasteiger charge is 2.41. The molecule has 0 saturated heterocycles. The fraction of sp³-hybridized carbons (Fsp3) is 0.409. The smallest absolute Gasteiger partial charge is 0.170 e. The molecule has 136 valence electrons. The number of hydrogen-bond acceptors (Lipinski definition) is 2. The van der Waals surface area contributed by atoms with Crippen LogP contribution in [0, 0.1) is 17.8 Å². The van der Waals surface area contributed by atoms with Crippen LogP contribution in [0.3, 0.4) is 0 Å². The number of para-hydroxylation sites is 1. The molecule has 0 spiro atoms. The van der Waals surface area contributed by atoms with Crippen LogP contribution < -0.4 is 15.4 Å². The molecule has 0 radical (unpaired) electrons. The van der Waals surface area contributed by atoms with Crippen LogP contribution in [0.5, 0.6) is 11.5 Å². The first kappa shape index (κ1) is 17.3. The SMILES string of the molecule is CC(NC(=S)Nc1ccc(Oc2ccccc2)cc1)C1CC2CCC1C2. The zero-order chi connectivity index (χ0) is 17.9. The fourth-order valence-electron chi connectivity index (χ4n) is 4.62. The number of thiocarbonyl (C=S) groups is 1. The van der Waals surface area contributed by atoms with Crippen molar-refractivity contribution in [3.8, 4) is 11.5 Å². The van der Waals surface area contributed by atoms with Gasteiger partial charge in [0.05, 0.1) is 0 Å². The molecular weight excluding hydrogens is 340 g/mol. The van der Waals surface area contributed by atoms with E-state index in [4.69, 9.17) is 17.0 Å². The predicted octanol–water partition coefficient (Wildman–Crippen LogP) is 5.59. The summed E-state index contributed by atoms with van der Waals surface area (Å²) in [5, 5.41) is 7.50. The van der Waals surface area contributed by atoms with Gasteiger partial charge in [0.15, 0.2) is 5.11 Å². The van der Waals surface area contributed by atoms with Gasteiger partial charge in [0.1, 0.15) is 11.5 Å². The summed E-state index contributed by atoms with van der Waals surface area (Å²) in [6.45, 7) is 2.27. The molecule has 4 atom stereocenters. The monoisotopic (exact) mass is 366 g/mol. The highest BCUT2D eigenvalue weighted by molar-refractivity contribution is 7.80. The third-order valence-electron chi connectivity index (χ3n) is 5.88. The van der Waals surface area contributed by atoms with E-state index in [0.29, 0.717) is 11.2 Å². The third kappa shape index (κ3) is 4.01. The zero-order valence-corrected chi connectivity index (χ0v) is 16.0. The molecule has 2 fully saturated rings. The Morgan fingerprint density at radius 2 is 1.73 bits per heavy atom. The number of rotatable bonds is 5. The first-order valence-corrected chi connectivity index (χ1v) is 9.98. The molecule has 4 rings (SSSR count). The molecule has 0 heterocycles. The van der Waals surface area contributed by atoms with Crippen LogP contribution in [0.4, 0.5) is 5.69 Å². The van der Waals surface area contributed by atoms with E-state index in [-0.39, 0.29) is 0 Å². The maximum atomic E-state index is 5.82. The first-order chi connectivity index (χ1) is 12.7. The number of nitrogens with one attached hydrogen (secondary N) is 2. The van der Waals surface area contributed by atoms with Crippen LogP contribution in [-0.2, 0) is 0 Å². The zero-order valence-electron chi connectivity index (χ0n) is 15.2. The Morgan fingerprint density at radius 3 is 2.38 bits per heavy atom. The molecule has 0 aromatic heterocycles. The molecule has 0 aliphatic heterocycles. The molecule has 2 N–H and O–H groups in total. The molecule has 4 heteroatoms. The van der Waals surface area contributed by atoms with Crippen molar-refractivity contribution >= 4 is 23.0 Å². The minimum atomic E-state index is 0.436. The third-order valence-corrected chi connectivity index (χ3v) is 6.10. The summed E-state index contributed by atoms with van der Waals surface area (Å²) in [7, 11) is 0. The van der Waals surface area contributed by atoms with E-state index in [1.807, 2.05) is 54.6 Å². The van der Waals surface area contributed by atoms with Crippen LogP contribution >= 0.6 is 12.2 Å². The minimum Gasteiger partial charge on any atom is -0.457 e. The van der Waals surface area contributed by atoms with Crippen LogP contribution in [-0.4, -0.2) is 11.2 Å². The van der Waals surface area contributed by atoms with Crippen molar-refractivity contribution in [2.75, 3.05) is 5.32 Å². The minimum absolute atomic E-state index is 0.436. The van der Waals surface area contributed by atoms with Crippen molar-refractivity contribution in [3.05, 3.63) is 54.6 Å². The summed E-state index contributed by atoms with van der Waals surface area (Å²) in [6, 6.07) is 18.1. The molecular formula is C22H26N2OS. The van der Waals surface area contributed by atoms with Gasteiger partial charge in [-0.1, -0.05) is 24.6 Å². The summed E-state index contributed by atoms with van der Waals surface area (Å²) in [6.07, 6.45) is 5.64. The summed E-state index contributed by atoms with van der Waals surface area (Å²) >= 11 is 5.52. The van der Waals surface area contributed by atoms with Gasteiger partial charge in [-0.2, -0.15) is 0 Å². The van der Waals surface area contributed by atoms with Crippen LogP contribution in [0.25, 0.3) is 0 Å². The Hall–Kier alpha value is -2.07. The summed E-state index contributed by atoms with van der Waals surface area (Å²) in [4.78, 5) is 0. The van der Waals surface area contributed by atoms with E-state index in [1.54, 1.807) is 0 Å². The molecule has 0 amide bonds. The largest absolute Gasteiger partial charge is 0.457 e. The molecule has 3 nitrogen and oxygen atoms in total. The summed E-state index contributed by atoms with van der Waals surface area (Å²) in [5.74, 6) is 4.30. The average molecular weight is 367 g/mol. The lowest BCUT2D eigenvalue weighted by atomic mass is 9.84.